The van der Waals surface area contributed by atoms with E-state index in [0.717, 1.165) is 18.0 Å². The van der Waals surface area contributed by atoms with Gasteiger partial charge in [-0.25, -0.2) is 0 Å². The molecule has 1 heterocycles. The van der Waals surface area contributed by atoms with Crippen molar-refractivity contribution in [1.82, 2.24) is 10.2 Å². The van der Waals surface area contributed by atoms with Crippen LogP contribution in [-0.2, 0) is 0 Å². The van der Waals surface area contributed by atoms with Crippen molar-refractivity contribution in [2.45, 2.75) is 57.5 Å². The molecule has 106 valence electrons. The summed E-state index contributed by atoms with van der Waals surface area (Å²) in [6, 6.07) is 1.64. The molecule has 2 fully saturated rings. The Labute approximate surface area is 117 Å². The van der Waals surface area contributed by atoms with Gasteiger partial charge in [0.25, 0.3) is 0 Å². The van der Waals surface area contributed by atoms with Gasteiger partial charge in [-0.05, 0) is 50.9 Å². The first-order valence-corrected chi connectivity index (χ1v) is 8.98. The van der Waals surface area contributed by atoms with Crippen LogP contribution in [-0.4, -0.2) is 48.6 Å². The summed E-state index contributed by atoms with van der Waals surface area (Å²) in [6.07, 6.45) is 8.38. The molecule has 1 aliphatic carbocycles. The molecule has 0 radical (unpaired) electrons. The van der Waals surface area contributed by atoms with Crippen molar-refractivity contribution in [3.8, 4) is 0 Å². The molecule has 18 heavy (non-hydrogen) atoms. The lowest BCUT2D eigenvalue weighted by atomic mass is 9.84. The first-order chi connectivity index (χ1) is 8.81. The van der Waals surface area contributed by atoms with Crippen molar-refractivity contribution in [3.63, 3.8) is 0 Å². The highest BCUT2D eigenvalue weighted by molar-refractivity contribution is 7.99. The summed E-state index contributed by atoms with van der Waals surface area (Å²) >= 11 is 2.13. The molecule has 1 aliphatic heterocycles. The monoisotopic (exact) mass is 270 g/mol. The van der Waals surface area contributed by atoms with Gasteiger partial charge in [0.1, 0.15) is 0 Å². The van der Waals surface area contributed by atoms with Crippen molar-refractivity contribution in [2.75, 3.05) is 31.6 Å². The first kappa shape index (κ1) is 14.7. The highest BCUT2D eigenvalue weighted by Gasteiger charge is 2.28. The van der Waals surface area contributed by atoms with Gasteiger partial charge in [0.05, 0.1) is 0 Å². The Morgan fingerprint density at radius 2 is 2.06 bits per heavy atom. The van der Waals surface area contributed by atoms with E-state index in [0.29, 0.717) is 0 Å². The van der Waals surface area contributed by atoms with E-state index in [9.17, 15) is 0 Å². The zero-order chi connectivity index (χ0) is 12.8. The SMILES string of the molecule is CCCNC1CCCCC1CN(C)C1CCSC1. The summed E-state index contributed by atoms with van der Waals surface area (Å²) in [5, 5.41) is 3.79. The van der Waals surface area contributed by atoms with E-state index in [4.69, 9.17) is 0 Å². The molecule has 1 saturated carbocycles. The summed E-state index contributed by atoms with van der Waals surface area (Å²) in [5.41, 5.74) is 0. The fourth-order valence-electron chi connectivity index (χ4n) is 3.41. The van der Waals surface area contributed by atoms with E-state index >= 15 is 0 Å². The van der Waals surface area contributed by atoms with Crippen LogP contribution in [0.1, 0.15) is 45.4 Å². The molecular weight excluding hydrogens is 240 g/mol. The van der Waals surface area contributed by atoms with Crippen LogP contribution in [0.15, 0.2) is 0 Å². The summed E-state index contributed by atoms with van der Waals surface area (Å²) in [7, 11) is 2.35. The maximum absolute atomic E-state index is 3.79. The zero-order valence-corrected chi connectivity index (χ0v) is 13.0. The molecule has 2 nitrogen and oxygen atoms in total. The molecule has 1 N–H and O–H groups in total. The summed E-state index contributed by atoms with van der Waals surface area (Å²) in [4.78, 5) is 2.65. The number of rotatable bonds is 6. The Kier molecular flexibility index (Phi) is 6.33. The maximum Gasteiger partial charge on any atom is 0.0191 e. The molecule has 2 aliphatic rings. The van der Waals surface area contributed by atoms with Crippen LogP contribution in [0.25, 0.3) is 0 Å². The first-order valence-electron chi connectivity index (χ1n) is 7.82. The topological polar surface area (TPSA) is 15.3 Å². The van der Waals surface area contributed by atoms with Gasteiger partial charge < -0.3 is 10.2 Å². The fraction of sp³-hybridized carbons (Fsp3) is 1.00. The lowest BCUT2D eigenvalue weighted by Crippen LogP contribution is -2.45. The van der Waals surface area contributed by atoms with E-state index in [1.807, 2.05) is 0 Å². The second kappa shape index (κ2) is 7.76. The Balaban J connectivity index is 1.80. The number of nitrogens with one attached hydrogen (secondary N) is 1. The molecule has 3 unspecified atom stereocenters. The highest BCUT2D eigenvalue weighted by atomic mass is 32.2. The molecular formula is C15H30N2S. The van der Waals surface area contributed by atoms with Crippen molar-refractivity contribution in [3.05, 3.63) is 0 Å². The second-order valence-electron chi connectivity index (χ2n) is 6.06. The molecule has 3 atom stereocenters. The smallest absolute Gasteiger partial charge is 0.0191 e. The number of thioether (sulfide) groups is 1. The largest absolute Gasteiger partial charge is 0.314 e. The van der Waals surface area contributed by atoms with Crippen LogP contribution >= 0.6 is 11.8 Å². The third-order valence-corrected chi connectivity index (χ3v) is 5.76. The molecule has 1 saturated heterocycles. The average molecular weight is 270 g/mol. The van der Waals surface area contributed by atoms with Crippen molar-refractivity contribution in [1.29, 1.82) is 0 Å². The van der Waals surface area contributed by atoms with Crippen LogP contribution in [0.3, 0.4) is 0 Å². The van der Waals surface area contributed by atoms with Crippen molar-refractivity contribution in [2.24, 2.45) is 5.92 Å². The Hall–Kier alpha value is 0.270. The predicted molar refractivity (Wildman–Crippen MR) is 82.4 cm³/mol. The normalized spacial score (nSPS) is 33.2. The molecule has 3 heteroatoms. The predicted octanol–water partition coefficient (Wildman–Crippen LogP) is 2.98. The maximum atomic E-state index is 3.79. The molecule has 0 amide bonds. The minimum Gasteiger partial charge on any atom is -0.314 e. The van der Waals surface area contributed by atoms with Gasteiger partial charge in [0.2, 0.25) is 0 Å². The third kappa shape index (κ3) is 4.14. The Morgan fingerprint density at radius 1 is 1.22 bits per heavy atom. The molecule has 0 aromatic rings. The van der Waals surface area contributed by atoms with Gasteiger partial charge in [0.15, 0.2) is 0 Å². The van der Waals surface area contributed by atoms with Gasteiger partial charge in [-0.2, -0.15) is 11.8 Å². The molecule has 0 spiro atoms. The number of hydrogen-bond acceptors (Lipinski definition) is 3. The minimum absolute atomic E-state index is 0.787. The van der Waals surface area contributed by atoms with Gasteiger partial charge in [-0.15, -0.1) is 0 Å². The van der Waals surface area contributed by atoms with E-state index in [1.165, 1.54) is 63.1 Å². The average Bonchev–Trinajstić information content (AvgIpc) is 2.91. The van der Waals surface area contributed by atoms with E-state index < -0.39 is 0 Å². The Bertz CT molecular complexity index is 229. The van der Waals surface area contributed by atoms with Crippen LogP contribution < -0.4 is 5.32 Å². The summed E-state index contributed by atoms with van der Waals surface area (Å²) < 4.78 is 0. The van der Waals surface area contributed by atoms with Gasteiger partial charge >= 0.3 is 0 Å². The third-order valence-electron chi connectivity index (χ3n) is 4.62. The highest BCUT2D eigenvalue weighted by Crippen LogP contribution is 2.28. The number of nitrogens with zero attached hydrogens (tertiary/aromatic N) is 1. The fourth-order valence-corrected chi connectivity index (χ4v) is 4.71. The van der Waals surface area contributed by atoms with Crippen molar-refractivity contribution >= 4 is 11.8 Å². The van der Waals surface area contributed by atoms with Crippen LogP contribution in [0.5, 0.6) is 0 Å². The van der Waals surface area contributed by atoms with Gasteiger partial charge in [0, 0.05) is 24.4 Å². The molecule has 0 aromatic heterocycles. The van der Waals surface area contributed by atoms with Gasteiger partial charge in [-0.1, -0.05) is 19.8 Å². The van der Waals surface area contributed by atoms with Crippen LogP contribution in [0.2, 0.25) is 0 Å². The lowest BCUT2D eigenvalue weighted by Gasteiger charge is -2.36. The Morgan fingerprint density at radius 3 is 2.78 bits per heavy atom. The van der Waals surface area contributed by atoms with E-state index in [2.05, 4.69) is 35.9 Å². The van der Waals surface area contributed by atoms with E-state index in [-0.39, 0.29) is 0 Å². The molecule has 0 bridgehead atoms. The lowest BCUT2D eigenvalue weighted by molar-refractivity contribution is 0.163. The van der Waals surface area contributed by atoms with Gasteiger partial charge in [-0.3, -0.25) is 0 Å². The summed E-state index contributed by atoms with van der Waals surface area (Å²) in [5.74, 6) is 3.62. The number of hydrogen-bond donors (Lipinski definition) is 1. The quantitative estimate of drug-likeness (QED) is 0.799. The van der Waals surface area contributed by atoms with E-state index in [1.54, 1.807) is 0 Å². The van der Waals surface area contributed by atoms with Crippen LogP contribution in [0.4, 0.5) is 0 Å². The second-order valence-corrected chi connectivity index (χ2v) is 7.21. The summed E-state index contributed by atoms with van der Waals surface area (Å²) in [6.45, 7) is 4.78. The van der Waals surface area contributed by atoms with Crippen LogP contribution in [0, 0.1) is 5.92 Å². The standard InChI is InChI=1S/C15H30N2S/c1-3-9-16-15-7-5-4-6-13(15)11-17(2)14-8-10-18-12-14/h13-16H,3-12H2,1-2H3. The van der Waals surface area contributed by atoms with Crippen molar-refractivity contribution < 1.29 is 0 Å². The molecule has 0 aromatic carbocycles. The molecule has 2 rings (SSSR count). The minimum atomic E-state index is 0.787. The zero-order valence-electron chi connectivity index (χ0n) is 12.2.